The zero-order valence-electron chi connectivity index (χ0n) is 13.0. The van der Waals surface area contributed by atoms with Crippen LogP contribution in [0.25, 0.3) is 0 Å². The third kappa shape index (κ3) is 5.70. The first-order valence-electron chi connectivity index (χ1n) is 7.80. The van der Waals surface area contributed by atoms with E-state index in [-0.39, 0.29) is 5.91 Å². The van der Waals surface area contributed by atoms with E-state index in [1.807, 2.05) is 42.5 Å². The number of carbonyl (C=O) groups is 1. The maximum atomic E-state index is 11.8. The summed E-state index contributed by atoms with van der Waals surface area (Å²) in [5.74, 6) is -0.128. The van der Waals surface area contributed by atoms with Gasteiger partial charge in [-0.15, -0.1) is 0 Å². The Balaban J connectivity index is 1.72. The van der Waals surface area contributed by atoms with E-state index in [0.29, 0.717) is 13.0 Å². The van der Waals surface area contributed by atoms with Gasteiger partial charge in [0.2, 0.25) is 5.91 Å². The molecular weight excluding hydrogens is 274 g/mol. The van der Waals surface area contributed by atoms with Crippen molar-refractivity contribution in [2.45, 2.75) is 39.2 Å². The number of hydrogen-bond acceptors (Lipinski definition) is 2. The average molecular weight is 297 g/mol. The molecule has 22 heavy (non-hydrogen) atoms. The molecule has 116 valence electrons. The number of rotatable bonds is 8. The first-order valence-corrected chi connectivity index (χ1v) is 7.80. The van der Waals surface area contributed by atoms with Crippen LogP contribution in [0.5, 0.6) is 0 Å². The van der Waals surface area contributed by atoms with Gasteiger partial charge in [0.05, 0.1) is 13.0 Å². The molecular formula is C19H23NO2. The predicted molar refractivity (Wildman–Crippen MR) is 88.1 cm³/mol. The van der Waals surface area contributed by atoms with E-state index >= 15 is 0 Å². The van der Waals surface area contributed by atoms with Crippen molar-refractivity contribution in [1.29, 1.82) is 0 Å². The highest BCUT2D eigenvalue weighted by atomic mass is 16.6. The van der Waals surface area contributed by atoms with Gasteiger partial charge >= 0.3 is 0 Å². The summed E-state index contributed by atoms with van der Waals surface area (Å²) in [6.07, 6.45) is 3.84. The van der Waals surface area contributed by atoms with Gasteiger partial charge in [0.25, 0.3) is 0 Å². The molecule has 0 aromatic heterocycles. The van der Waals surface area contributed by atoms with Crippen molar-refractivity contribution >= 4 is 5.91 Å². The van der Waals surface area contributed by atoms with E-state index in [1.54, 1.807) is 0 Å². The summed E-state index contributed by atoms with van der Waals surface area (Å²) in [6, 6.07) is 18.0. The fourth-order valence-electron chi connectivity index (χ4n) is 2.20. The van der Waals surface area contributed by atoms with Crippen molar-refractivity contribution in [3.63, 3.8) is 0 Å². The summed E-state index contributed by atoms with van der Waals surface area (Å²) < 4.78 is 0. The van der Waals surface area contributed by atoms with Crippen molar-refractivity contribution in [2.75, 3.05) is 0 Å². The molecule has 0 saturated carbocycles. The normalized spacial score (nSPS) is 10.4. The van der Waals surface area contributed by atoms with E-state index in [9.17, 15) is 4.79 Å². The maximum absolute atomic E-state index is 11.8. The Kier molecular flexibility index (Phi) is 6.65. The zero-order valence-corrected chi connectivity index (χ0v) is 13.0. The number of carbonyl (C=O) groups excluding carboxylic acids is 1. The molecule has 0 aliphatic rings. The lowest BCUT2D eigenvalue weighted by molar-refractivity contribution is -0.133. The van der Waals surface area contributed by atoms with Gasteiger partial charge in [0.15, 0.2) is 0 Å². The molecule has 3 heteroatoms. The van der Waals surface area contributed by atoms with Crippen LogP contribution in [0.1, 0.15) is 36.5 Å². The van der Waals surface area contributed by atoms with Crippen LogP contribution in [0.4, 0.5) is 0 Å². The maximum Gasteiger partial charge on any atom is 0.247 e. The summed E-state index contributed by atoms with van der Waals surface area (Å²) in [6.45, 7) is 2.57. The molecule has 3 nitrogen and oxygen atoms in total. The highest BCUT2D eigenvalue weighted by molar-refractivity contribution is 5.77. The molecule has 2 aromatic rings. The fraction of sp³-hybridized carbons (Fsp3) is 0.316. The van der Waals surface area contributed by atoms with Gasteiger partial charge in [0, 0.05) is 0 Å². The van der Waals surface area contributed by atoms with Gasteiger partial charge in [-0.25, -0.2) is 5.48 Å². The van der Waals surface area contributed by atoms with Crippen molar-refractivity contribution in [1.82, 2.24) is 5.48 Å². The Hall–Kier alpha value is -2.13. The van der Waals surface area contributed by atoms with Crippen molar-refractivity contribution in [3.05, 3.63) is 71.3 Å². The highest BCUT2D eigenvalue weighted by Gasteiger charge is 2.04. The zero-order chi connectivity index (χ0) is 15.6. The van der Waals surface area contributed by atoms with Crippen LogP contribution in [-0.4, -0.2) is 5.91 Å². The molecule has 0 heterocycles. The van der Waals surface area contributed by atoms with Crippen LogP contribution in [-0.2, 0) is 29.1 Å². The van der Waals surface area contributed by atoms with Crippen LogP contribution in [0.2, 0.25) is 0 Å². The topological polar surface area (TPSA) is 38.3 Å². The van der Waals surface area contributed by atoms with Gasteiger partial charge < -0.3 is 0 Å². The predicted octanol–water partition coefficient (Wildman–Crippen LogP) is 3.82. The third-order valence-electron chi connectivity index (χ3n) is 3.47. The number of unbranched alkanes of at least 4 members (excludes halogenated alkanes) is 1. The van der Waals surface area contributed by atoms with Crippen LogP contribution in [0, 0.1) is 0 Å². The summed E-state index contributed by atoms with van der Waals surface area (Å²) >= 11 is 0. The minimum Gasteiger partial charge on any atom is -0.272 e. The largest absolute Gasteiger partial charge is 0.272 e. The van der Waals surface area contributed by atoms with E-state index in [4.69, 9.17) is 4.84 Å². The van der Waals surface area contributed by atoms with E-state index in [0.717, 1.165) is 17.5 Å². The first-order chi connectivity index (χ1) is 10.8. The van der Waals surface area contributed by atoms with Crippen LogP contribution in [0.3, 0.4) is 0 Å². The Bertz CT molecular complexity index is 564. The Morgan fingerprint density at radius 3 is 2.32 bits per heavy atom. The van der Waals surface area contributed by atoms with Gasteiger partial charge in [-0.1, -0.05) is 67.9 Å². The van der Waals surface area contributed by atoms with E-state index < -0.39 is 0 Å². The molecule has 1 N–H and O–H groups in total. The van der Waals surface area contributed by atoms with Crippen molar-refractivity contribution in [3.8, 4) is 0 Å². The molecule has 0 unspecified atom stereocenters. The summed E-state index contributed by atoms with van der Waals surface area (Å²) in [5, 5.41) is 0. The second-order valence-electron chi connectivity index (χ2n) is 5.40. The molecule has 2 rings (SSSR count). The van der Waals surface area contributed by atoms with E-state index in [2.05, 4.69) is 24.5 Å². The number of hydroxylamine groups is 1. The molecule has 0 bridgehead atoms. The van der Waals surface area contributed by atoms with Gasteiger partial charge in [-0.2, -0.15) is 0 Å². The number of benzene rings is 2. The smallest absolute Gasteiger partial charge is 0.247 e. The standard InChI is InChI=1S/C19H23NO2/c1-2-3-7-16-10-12-17(13-11-16)14-19(21)20-22-15-18-8-5-4-6-9-18/h4-6,8-13H,2-3,7,14-15H2,1H3,(H,20,21). The minimum atomic E-state index is -0.128. The van der Waals surface area contributed by atoms with Crippen LogP contribution < -0.4 is 5.48 Å². The SMILES string of the molecule is CCCCc1ccc(CC(=O)NOCc2ccccc2)cc1. The summed E-state index contributed by atoms with van der Waals surface area (Å²) in [5.41, 5.74) is 5.85. The van der Waals surface area contributed by atoms with Crippen LogP contribution in [0.15, 0.2) is 54.6 Å². The second-order valence-corrected chi connectivity index (χ2v) is 5.40. The third-order valence-corrected chi connectivity index (χ3v) is 3.47. The number of amides is 1. The quantitative estimate of drug-likeness (QED) is 0.752. The lowest BCUT2D eigenvalue weighted by Crippen LogP contribution is -2.25. The Morgan fingerprint density at radius 1 is 0.955 bits per heavy atom. The lowest BCUT2D eigenvalue weighted by Gasteiger charge is -2.07. The van der Waals surface area contributed by atoms with E-state index in [1.165, 1.54) is 18.4 Å². The number of nitrogens with one attached hydrogen (secondary N) is 1. The Morgan fingerprint density at radius 2 is 1.64 bits per heavy atom. The van der Waals surface area contributed by atoms with Gasteiger partial charge in [-0.3, -0.25) is 9.63 Å². The van der Waals surface area contributed by atoms with Gasteiger partial charge in [-0.05, 0) is 29.5 Å². The number of hydrogen-bond donors (Lipinski definition) is 1. The molecule has 0 atom stereocenters. The highest BCUT2D eigenvalue weighted by Crippen LogP contribution is 2.08. The molecule has 0 spiro atoms. The minimum absolute atomic E-state index is 0.128. The van der Waals surface area contributed by atoms with Crippen LogP contribution >= 0.6 is 0 Å². The monoisotopic (exact) mass is 297 g/mol. The fourth-order valence-corrected chi connectivity index (χ4v) is 2.20. The summed E-state index contributed by atoms with van der Waals surface area (Å²) in [4.78, 5) is 17.1. The molecule has 0 fully saturated rings. The second kappa shape index (κ2) is 9.00. The first kappa shape index (κ1) is 16.2. The Labute approximate surface area is 132 Å². The number of aryl methyl sites for hydroxylation is 1. The van der Waals surface area contributed by atoms with Crippen molar-refractivity contribution < 1.29 is 9.63 Å². The summed E-state index contributed by atoms with van der Waals surface area (Å²) in [7, 11) is 0. The molecule has 0 saturated heterocycles. The molecule has 2 aromatic carbocycles. The molecule has 1 amide bonds. The average Bonchev–Trinajstić information content (AvgIpc) is 2.55. The molecule has 0 aliphatic heterocycles. The van der Waals surface area contributed by atoms with Crippen molar-refractivity contribution in [2.24, 2.45) is 0 Å². The van der Waals surface area contributed by atoms with Gasteiger partial charge in [0.1, 0.15) is 0 Å². The lowest BCUT2D eigenvalue weighted by atomic mass is 10.0. The molecule has 0 aliphatic carbocycles. The molecule has 0 radical (unpaired) electrons.